The zero-order valence-corrected chi connectivity index (χ0v) is 17.8. The van der Waals surface area contributed by atoms with Crippen molar-refractivity contribution in [3.63, 3.8) is 0 Å². The van der Waals surface area contributed by atoms with Gasteiger partial charge in [-0.05, 0) is 30.9 Å². The maximum atomic E-state index is 14.2. The molecular weight excluding hydrogens is 378 g/mol. The smallest absolute Gasteiger partial charge is 0.179 e. The predicted octanol–water partition coefficient (Wildman–Crippen LogP) is 4.75. The molecule has 3 nitrogen and oxygen atoms in total. The van der Waals surface area contributed by atoms with Crippen LogP contribution in [-0.4, -0.2) is 48.8 Å². The molecule has 4 rings (SSSR count). The number of ether oxygens (including phenoxy) is 1. The molecule has 2 aromatic rings. The first-order valence-corrected chi connectivity index (χ1v) is 11.3. The minimum atomic E-state index is -0.808. The Kier molecular flexibility index (Phi) is 5.77. The average molecular weight is 406 g/mol. The lowest BCUT2D eigenvalue weighted by atomic mass is 9.59. The van der Waals surface area contributed by atoms with E-state index < -0.39 is 11.0 Å². The highest BCUT2D eigenvalue weighted by Gasteiger charge is 2.55. The fraction of sp³-hybridized carbons (Fsp3) is 0.320. The van der Waals surface area contributed by atoms with E-state index in [1.165, 1.54) is 4.90 Å². The van der Waals surface area contributed by atoms with Gasteiger partial charge in [0, 0.05) is 23.5 Å². The minimum absolute atomic E-state index is 0.129. The quantitative estimate of drug-likeness (QED) is 0.531. The molecule has 2 unspecified atom stereocenters. The van der Waals surface area contributed by atoms with E-state index in [2.05, 4.69) is 60.6 Å². The number of Topliss-reactive ketones (excluding diaryl/α,β-unsaturated/α-hetero) is 1. The third-order valence-corrected chi connectivity index (χ3v) is 7.03. The number of hydrogen-bond donors (Lipinski definition) is 0. The fourth-order valence-electron chi connectivity index (χ4n) is 4.62. The van der Waals surface area contributed by atoms with Crippen molar-refractivity contribution in [3.8, 4) is 0 Å². The largest absolute Gasteiger partial charge is 0.379 e. The van der Waals surface area contributed by atoms with Gasteiger partial charge in [0.1, 0.15) is 0 Å². The Bertz CT molecular complexity index is 916. The molecule has 0 saturated carbocycles. The first kappa shape index (κ1) is 20.1. The van der Waals surface area contributed by atoms with Crippen molar-refractivity contribution in [2.75, 3.05) is 32.6 Å². The third kappa shape index (κ3) is 3.39. The zero-order valence-electron chi connectivity index (χ0n) is 17.0. The maximum absolute atomic E-state index is 14.2. The summed E-state index contributed by atoms with van der Waals surface area (Å²) in [4.78, 5) is 17.8. The first-order chi connectivity index (χ1) is 14.1. The Balaban J connectivity index is 1.92. The number of morpholine rings is 1. The number of nitrogens with zero attached hydrogens (tertiary/aromatic N) is 1. The molecule has 1 fully saturated rings. The number of carbonyl (C=O) groups is 1. The third-order valence-electron chi connectivity index (χ3n) is 6.28. The number of allylic oxidation sites excluding steroid dienone is 2. The van der Waals surface area contributed by atoms with E-state index in [4.69, 9.17) is 4.74 Å². The summed E-state index contributed by atoms with van der Waals surface area (Å²) in [6.45, 7) is 5.19. The van der Waals surface area contributed by atoms with Crippen LogP contribution in [0.15, 0.2) is 83.8 Å². The van der Waals surface area contributed by atoms with Gasteiger partial charge in [0.2, 0.25) is 0 Å². The SMILES string of the molecule is CSc1ccc(C2(C(=O)c3ccccc3)C=CC=CC2(C)N2CCOCC2)cc1. The van der Waals surface area contributed by atoms with E-state index in [9.17, 15) is 4.79 Å². The van der Waals surface area contributed by atoms with Crippen LogP contribution in [0.2, 0.25) is 0 Å². The van der Waals surface area contributed by atoms with Crippen LogP contribution in [0, 0.1) is 0 Å². The number of hydrogen-bond acceptors (Lipinski definition) is 4. The van der Waals surface area contributed by atoms with Crippen molar-refractivity contribution in [3.05, 3.63) is 90.0 Å². The lowest BCUT2D eigenvalue weighted by Crippen LogP contribution is -2.64. The summed E-state index contributed by atoms with van der Waals surface area (Å²) >= 11 is 1.71. The molecule has 1 heterocycles. The fourth-order valence-corrected chi connectivity index (χ4v) is 5.03. The highest BCUT2D eigenvalue weighted by atomic mass is 32.2. The van der Waals surface area contributed by atoms with Gasteiger partial charge in [-0.25, -0.2) is 0 Å². The van der Waals surface area contributed by atoms with Crippen LogP contribution >= 0.6 is 11.8 Å². The van der Waals surface area contributed by atoms with Crippen LogP contribution < -0.4 is 0 Å². The molecule has 1 aliphatic heterocycles. The molecule has 0 amide bonds. The van der Waals surface area contributed by atoms with Gasteiger partial charge in [0.05, 0.1) is 24.2 Å². The maximum Gasteiger partial charge on any atom is 0.179 e. The Morgan fingerprint density at radius 1 is 0.966 bits per heavy atom. The highest BCUT2D eigenvalue weighted by molar-refractivity contribution is 7.98. The summed E-state index contributed by atoms with van der Waals surface area (Å²) in [5.41, 5.74) is 0.469. The van der Waals surface area contributed by atoms with Crippen molar-refractivity contribution < 1.29 is 9.53 Å². The average Bonchev–Trinajstić information content (AvgIpc) is 2.80. The summed E-state index contributed by atoms with van der Waals surface area (Å²) in [6.07, 6.45) is 10.5. The molecule has 1 aliphatic carbocycles. The number of carbonyl (C=O) groups excluding carboxylic acids is 1. The molecule has 2 aromatic carbocycles. The summed E-state index contributed by atoms with van der Waals surface area (Å²) in [5.74, 6) is 0.129. The molecule has 0 spiro atoms. The van der Waals surface area contributed by atoms with Gasteiger partial charge in [0.25, 0.3) is 0 Å². The van der Waals surface area contributed by atoms with E-state index >= 15 is 0 Å². The zero-order chi connectivity index (χ0) is 20.3. The Hall–Kier alpha value is -2.14. The second-order valence-corrected chi connectivity index (χ2v) is 8.58. The normalized spacial score (nSPS) is 27.1. The molecule has 2 aliphatic rings. The van der Waals surface area contributed by atoms with E-state index in [1.807, 2.05) is 36.4 Å². The molecule has 1 saturated heterocycles. The monoisotopic (exact) mass is 405 g/mol. The van der Waals surface area contributed by atoms with E-state index in [-0.39, 0.29) is 5.78 Å². The van der Waals surface area contributed by atoms with Gasteiger partial charge in [-0.3, -0.25) is 9.69 Å². The molecule has 0 bridgehead atoms. The van der Waals surface area contributed by atoms with E-state index in [1.54, 1.807) is 11.8 Å². The highest BCUT2D eigenvalue weighted by Crippen LogP contribution is 2.47. The van der Waals surface area contributed by atoms with Crippen molar-refractivity contribution in [1.29, 1.82) is 0 Å². The molecule has 29 heavy (non-hydrogen) atoms. The van der Waals surface area contributed by atoms with Crippen molar-refractivity contribution in [2.45, 2.75) is 22.8 Å². The van der Waals surface area contributed by atoms with Crippen molar-refractivity contribution in [2.24, 2.45) is 0 Å². The molecule has 4 heteroatoms. The van der Waals surface area contributed by atoms with Crippen LogP contribution in [0.3, 0.4) is 0 Å². The number of rotatable bonds is 5. The van der Waals surface area contributed by atoms with Crippen molar-refractivity contribution >= 4 is 17.5 Å². The van der Waals surface area contributed by atoms with Gasteiger partial charge in [-0.1, -0.05) is 66.8 Å². The van der Waals surface area contributed by atoms with Gasteiger partial charge in [-0.15, -0.1) is 11.8 Å². The van der Waals surface area contributed by atoms with Crippen LogP contribution in [0.1, 0.15) is 22.8 Å². The van der Waals surface area contributed by atoms with Crippen LogP contribution in [0.25, 0.3) is 0 Å². The van der Waals surface area contributed by atoms with Crippen LogP contribution in [0.4, 0.5) is 0 Å². The second kappa shape index (κ2) is 8.31. The molecule has 2 atom stereocenters. The lowest BCUT2D eigenvalue weighted by Gasteiger charge is -2.53. The van der Waals surface area contributed by atoms with Gasteiger partial charge >= 0.3 is 0 Å². The number of thioether (sulfide) groups is 1. The standard InChI is InChI=1S/C25H27NO2S/c1-24(26-16-18-28-19-17-26)14-6-7-15-25(24,21-10-12-22(29-2)13-11-21)23(27)20-8-4-3-5-9-20/h3-15H,16-19H2,1-2H3. The molecule has 0 N–H and O–H groups in total. The summed E-state index contributed by atoms with van der Waals surface area (Å²) in [5, 5.41) is 0. The minimum Gasteiger partial charge on any atom is -0.379 e. The Labute approximate surface area is 177 Å². The first-order valence-electron chi connectivity index (χ1n) is 10.1. The topological polar surface area (TPSA) is 29.5 Å². The predicted molar refractivity (Wildman–Crippen MR) is 120 cm³/mol. The van der Waals surface area contributed by atoms with Gasteiger partial charge in [-0.2, -0.15) is 0 Å². The molecular formula is C25H27NO2S. The van der Waals surface area contributed by atoms with Crippen LogP contribution in [0.5, 0.6) is 0 Å². The Morgan fingerprint density at radius 3 is 2.28 bits per heavy atom. The number of ketones is 1. The Morgan fingerprint density at radius 2 is 1.62 bits per heavy atom. The summed E-state index contributed by atoms with van der Waals surface area (Å²) in [7, 11) is 0. The summed E-state index contributed by atoms with van der Waals surface area (Å²) in [6, 6.07) is 18.1. The molecule has 0 radical (unpaired) electrons. The second-order valence-electron chi connectivity index (χ2n) is 7.70. The van der Waals surface area contributed by atoms with Gasteiger partial charge < -0.3 is 4.74 Å². The van der Waals surface area contributed by atoms with Crippen LogP contribution in [-0.2, 0) is 10.2 Å². The summed E-state index contributed by atoms with van der Waals surface area (Å²) < 4.78 is 5.61. The number of benzene rings is 2. The van der Waals surface area contributed by atoms with Crippen molar-refractivity contribution in [1.82, 2.24) is 4.90 Å². The van der Waals surface area contributed by atoms with E-state index in [0.717, 1.165) is 24.2 Å². The molecule has 0 aromatic heterocycles. The molecule has 150 valence electrons. The lowest BCUT2D eigenvalue weighted by molar-refractivity contribution is -0.0177. The van der Waals surface area contributed by atoms with Gasteiger partial charge in [0.15, 0.2) is 5.78 Å². The van der Waals surface area contributed by atoms with E-state index in [0.29, 0.717) is 13.2 Å².